The molecule has 5 nitrogen and oxygen atoms in total. The van der Waals surface area contributed by atoms with Crippen LogP contribution in [-0.2, 0) is 20.2 Å². The lowest BCUT2D eigenvalue weighted by Crippen LogP contribution is -2.53. The summed E-state index contributed by atoms with van der Waals surface area (Å²) in [6.07, 6.45) is -1.33. The number of rotatable bonds is 6. The molecule has 0 spiro atoms. The molecule has 0 saturated carbocycles. The van der Waals surface area contributed by atoms with Crippen molar-refractivity contribution in [1.29, 1.82) is 5.26 Å². The van der Waals surface area contributed by atoms with Crippen molar-refractivity contribution in [1.82, 2.24) is 4.90 Å². The zero-order valence-corrected chi connectivity index (χ0v) is 22.9. The summed E-state index contributed by atoms with van der Waals surface area (Å²) in [5.74, 6) is -0.135. The van der Waals surface area contributed by atoms with Gasteiger partial charge in [0.1, 0.15) is 12.1 Å². The summed E-state index contributed by atoms with van der Waals surface area (Å²) < 4.78 is 13.4. The van der Waals surface area contributed by atoms with Crippen LogP contribution in [0.3, 0.4) is 0 Å². The van der Waals surface area contributed by atoms with E-state index in [9.17, 15) is 10.1 Å². The number of carbonyl (C=O) groups is 1. The van der Waals surface area contributed by atoms with Crippen LogP contribution >= 0.6 is 0 Å². The molecule has 7 heteroatoms. The normalized spacial score (nSPS) is 23.2. The molecule has 1 aliphatic rings. The molecule has 2 rings (SSSR count). The summed E-state index contributed by atoms with van der Waals surface area (Å²) in [7, 11) is -4.50. The number of hydrogen-bond donors (Lipinski definition) is 0. The maximum Gasteiger partial charge on any atom is 0.254 e. The number of carbonyl (C=O) groups excluding carboxylic acids is 1. The Labute approximate surface area is 191 Å². The summed E-state index contributed by atoms with van der Waals surface area (Å²) in [5, 5.41) is 10.0. The molecule has 0 bridgehead atoms. The molecule has 1 fully saturated rings. The van der Waals surface area contributed by atoms with Crippen molar-refractivity contribution >= 4 is 22.5 Å². The molecule has 0 aromatic heterocycles. The Hall–Kier alpha value is -1.47. The molecule has 0 aliphatic carbocycles. The van der Waals surface area contributed by atoms with Crippen molar-refractivity contribution in [2.24, 2.45) is 0 Å². The Morgan fingerprint density at radius 1 is 0.935 bits per heavy atom. The van der Waals surface area contributed by atoms with E-state index in [1.165, 1.54) is 0 Å². The molecule has 1 amide bonds. The van der Waals surface area contributed by atoms with E-state index >= 15 is 0 Å². The highest BCUT2D eigenvalue weighted by Gasteiger charge is 2.56. The summed E-state index contributed by atoms with van der Waals surface area (Å²) in [4.78, 5) is 15.3. The third kappa shape index (κ3) is 5.48. The number of amides is 1. The first-order valence-corrected chi connectivity index (χ1v) is 16.9. The van der Waals surface area contributed by atoms with Gasteiger partial charge >= 0.3 is 0 Å². The summed E-state index contributed by atoms with van der Waals surface area (Å²) in [6.45, 7) is 22.0. The van der Waals surface area contributed by atoms with Crippen LogP contribution in [0.25, 0.3) is 0 Å². The van der Waals surface area contributed by atoms with Gasteiger partial charge in [0.2, 0.25) is 0 Å². The molecular formula is C24H40N2O3Si2. The van der Waals surface area contributed by atoms with E-state index in [-0.39, 0.29) is 16.0 Å². The topological polar surface area (TPSA) is 62.6 Å². The van der Waals surface area contributed by atoms with E-state index in [1.807, 2.05) is 30.3 Å². The van der Waals surface area contributed by atoms with Gasteiger partial charge in [-0.05, 0) is 41.8 Å². The number of nitriles is 1. The Morgan fingerprint density at radius 2 is 1.42 bits per heavy atom. The zero-order chi connectivity index (χ0) is 23.8. The molecule has 1 aromatic rings. The number of nitrogens with zero attached hydrogens (tertiary/aromatic N) is 2. The van der Waals surface area contributed by atoms with Crippen LogP contribution in [-0.4, -0.2) is 45.7 Å². The average Bonchev–Trinajstić information content (AvgIpc) is 2.85. The highest BCUT2D eigenvalue weighted by Crippen LogP contribution is 2.43. The van der Waals surface area contributed by atoms with Crippen LogP contribution < -0.4 is 0 Å². The summed E-state index contributed by atoms with van der Waals surface area (Å²) >= 11 is 0. The first-order valence-electron chi connectivity index (χ1n) is 11.1. The van der Waals surface area contributed by atoms with Gasteiger partial charge in [-0.2, -0.15) is 5.26 Å². The Morgan fingerprint density at radius 3 is 1.87 bits per heavy atom. The van der Waals surface area contributed by atoms with Crippen LogP contribution in [0.15, 0.2) is 30.3 Å². The van der Waals surface area contributed by atoms with Crippen molar-refractivity contribution in [2.45, 2.75) is 103 Å². The lowest BCUT2D eigenvalue weighted by molar-refractivity contribution is -0.135. The molecule has 0 radical (unpaired) electrons. The van der Waals surface area contributed by atoms with Crippen LogP contribution in [0.5, 0.6) is 0 Å². The maximum atomic E-state index is 13.6. The highest BCUT2D eigenvalue weighted by atomic mass is 28.4. The Kier molecular flexibility index (Phi) is 7.34. The van der Waals surface area contributed by atoms with Gasteiger partial charge in [0.25, 0.3) is 5.91 Å². The number of benzene rings is 1. The first kappa shape index (κ1) is 25.8. The lowest BCUT2D eigenvalue weighted by atomic mass is 10.1. The van der Waals surface area contributed by atoms with E-state index in [4.69, 9.17) is 8.85 Å². The Bertz CT molecular complexity index is 820. The summed E-state index contributed by atoms with van der Waals surface area (Å²) in [6, 6.07) is 11.5. The van der Waals surface area contributed by atoms with Gasteiger partial charge in [0.05, 0.1) is 6.07 Å². The maximum absolute atomic E-state index is 13.6. The predicted molar refractivity (Wildman–Crippen MR) is 131 cm³/mol. The fraction of sp³-hybridized carbons (Fsp3) is 0.667. The lowest BCUT2D eigenvalue weighted by Gasteiger charge is -2.42. The van der Waals surface area contributed by atoms with E-state index in [0.29, 0.717) is 6.54 Å². The third-order valence-corrected chi connectivity index (χ3v) is 16.2. The van der Waals surface area contributed by atoms with Gasteiger partial charge in [-0.3, -0.25) is 4.79 Å². The van der Waals surface area contributed by atoms with E-state index in [2.05, 4.69) is 73.8 Å². The van der Waals surface area contributed by atoms with E-state index < -0.39 is 34.9 Å². The third-order valence-electron chi connectivity index (χ3n) is 7.26. The molecule has 1 aliphatic heterocycles. The van der Waals surface area contributed by atoms with Gasteiger partial charge < -0.3 is 13.8 Å². The molecule has 0 unspecified atom stereocenters. The molecular weight excluding hydrogens is 420 g/mol. The smallest absolute Gasteiger partial charge is 0.254 e. The van der Waals surface area contributed by atoms with Gasteiger partial charge in [-0.1, -0.05) is 71.9 Å². The number of hydrogen-bond acceptors (Lipinski definition) is 4. The van der Waals surface area contributed by atoms with Crippen LogP contribution in [0.2, 0.25) is 36.3 Å². The fourth-order valence-electron chi connectivity index (χ4n) is 3.14. The van der Waals surface area contributed by atoms with Crippen molar-refractivity contribution in [2.75, 3.05) is 0 Å². The van der Waals surface area contributed by atoms with Gasteiger partial charge in [0, 0.05) is 6.54 Å². The molecule has 1 saturated heterocycles. The van der Waals surface area contributed by atoms with E-state index in [1.54, 1.807) is 4.90 Å². The molecule has 31 heavy (non-hydrogen) atoms. The Balaban J connectivity index is 2.47. The monoisotopic (exact) mass is 460 g/mol. The first-order chi connectivity index (χ1) is 14.0. The average molecular weight is 461 g/mol. The van der Waals surface area contributed by atoms with Gasteiger partial charge in [-0.25, -0.2) is 0 Å². The second kappa shape index (κ2) is 8.82. The predicted octanol–water partition coefficient (Wildman–Crippen LogP) is 5.70. The second-order valence-corrected chi connectivity index (χ2v) is 21.2. The minimum absolute atomic E-state index is 0.0373. The van der Waals surface area contributed by atoms with Crippen LogP contribution in [0.4, 0.5) is 0 Å². The highest BCUT2D eigenvalue weighted by molar-refractivity contribution is 6.74. The molecule has 3 atom stereocenters. The van der Waals surface area contributed by atoms with Crippen molar-refractivity contribution in [3.8, 4) is 6.07 Å². The standard InChI is InChI=1S/C24H40N2O3Si2/c1-23(2,3)30(7,8)28-20-19(16-25)26(17-18-14-12-11-13-15-18)22(27)21(20)29-31(9,10)24(4,5)6/h11-15,19-21H,17H2,1-10H3/t19-,20+,21-/m1/s1. The molecule has 0 N–H and O–H groups in total. The van der Waals surface area contributed by atoms with E-state index in [0.717, 1.165) is 5.56 Å². The molecule has 1 aromatic carbocycles. The molecule has 172 valence electrons. The van der Waals surface area contributed by atoms with Crippen LogP contribution in [0.1, 0.15) is 47.1 Å². The van der Waals surface area contributed by atoms with Crippen molar-refractivity contribution in [3.63, 3.8) is 0 Å². The number of likely N-dealkylation sites (tertiary alicyclic amines) is 1. The van der Waals surface area contributed by atoms with Gasteiger partial charge in [-0.15, -0.1) is 0 Å². The largest absolute Gasteiger partial charge is 0.408 e. The zero-order valence-electron chi connectivity index (χ0n) is 20.9. The fourth-order valence-corrected chi connectivity index (χ4v) is 5.65. The SMILES string of the molecule is CC(C)(C)[Si](C)(C)O[C@H]1[C@@H](C#N)N(Cc2ccccc2)C(=O)[C@@H]1O[Si](C)(C)C(C)(C)C. The van der Waals surface area contributed by atoms with Crippen LogP contribution in [0, 0.1) is 11.3 Å². The summed E-state index contributed by atoms with van der Waals surface area (Å²) in [5.41, 5.74) is 0.996. The quantitative estimate of drug-likeness (QED) is 0.511. The second-order valence-electron chi connectivity index (χ2n) is 11.7. The van der Waals surface area contributed by atoms with Crippen molar-refractivity contribution in [3.05, 3.63) is 35.9 Å². The molecule has 1 heterocycles. The van der Waals surface area contributed by atoms with Crippen molar-refractivity contribution < 1.29 is 13.6 Å². The minimum atomic E-state index is -2.26. The van der Waals surface area contributed by atoms with Gasteiger partial charge in [0.15, 0.2) is 22.7 Å². The minimum Gasteiger partial charge on any atom is -0.408 e.